The molecule has 1 heterocycles. The highest BCUT2D eigenvalue weighted by Gasteiger charge is 2.12. The third-order valence-electron chi connectivity index (χ3n) is 3.40. The Kier molecular flexibility index (Phi) is 4.15. The highest BCUT2D eigenvalue weighted by atomic mass is 32.2. The highest BCUT2D eigenvalue weighted by Crippen LogP contribution is 2.28. The first-order valence-corrected chi connectivity index (χ1v) is 8.09. The summed E-state index contributed by atoms with van der Waals surface area (Å²) in [5.74, 6) is 0.343. The molecule has 0 radical (unpaired) electrons. The normalized spacial score (nSPS) is 11.0. The number of benzene rings is 2. The largest absolute Gasteiger partial charge is 0.370 e. The molecule has 1 amide bonds. The maximum Gasteiger partial charge on any atom is 0.218 e. The number of aryl methyl sites for hydroxylation is 1. The zero-order valence-electron chi connectivity index (χ0n) is 12.3. The van der Waals surface area contributed by atoms with Crippen LogP contribution in [-0.2, 0) is 4.79 Å². The number of fused-ring (bicyclic) bond motifs is 1. The lowest BCUT2D eigenvalue weighted by atomic mass is 10.2. The first kappa shape index (κ1) is 14.7. The van der Waals surface area contributed by atoms with E-state index in [1.165, 1.54) is 5.56 Å². The van der Waals surface area contributed by atoms with E-state index in [1.807, 2.05) is 18.2 Å². The molecule has 0 fully saturated rings. The van der Waals surface area contributed by atoms with Gasteiger partial charge < -0.3 is 5.73 Å². The zero-order chi connectivity index (χ0) is 15.5. The van der Waals surface area contributed by atoms with Gasteiger partial charge in [-0.15, -0.1) is 0 Å². The van der Waals surface area contributed by atoms with E-state index < -0.39 is 0 Å². The summed E-state index contributed by atoms with van der Waals surface area (Å²) in [4.78, 5) is 15.6. The van der Waals surface area contributed by atoms with Crippen molar-refractivity contribution in [1.29, 1.82) is 0 Å². The number of rotatable bonds is 5. The van der Waals surface area contributed by atoms with E-state index in [-0.39, 0.29) is 5.91 Å². The van der Waals surface area contributed by atoms with Crippen molar-refractivity contribution in [3.8, 4) is 5.69 Å². The minimum atomic E-state index is -0.287. The molecule has 1 aromatic heterocycles. The SMILES string of the molecule is Cc1ccc(-n2c(SCCC(N)=O)nc3ccccc32)cc1. The average molecular weight is 311 g/mol. The van der Waals surface area contributed by atoms with Crippen LogP contribution < -0.4 is 5.73 Å². The van der Waals surface area contributed by atoms with Crippen LogP contribution in [0.4, 0.5) is 0 Å². The van der Waals surface area contributed by atoms with Crippen LogP contribution >= 0.6 is 11.8 Å². The second kappa shape index (κ2) is 6.23. The lowest BCUT2D eigenvalue weighted by molar-refractivity contribution is -0.117. The lowest BCUT2D eigenvalue weighted by Crippen LogP contribution is -2.11. The van der Waals surface area contributed by atoms with Crippen LogP contribution in [0.25, 0.3) is 16.7 Å². The first-order valence-electron chi connectivity index (χ1n) is 7.11. The van der Waals surface area contributed by atoms with Gasteiger partial charge in [-0.05, 0) is 31.2 Å². The predicted molar refractivity (Wildman–Crippen MR) is 90.3 cm³/mol. The molecular weight excluding hydrogens is 294 g/mol. The van der Waals surface area contributed by atoms with E-state index in [0.29, 0.717) is 12.2 Å². The zero-order valence-corrected chi connectivity index (χ0v) is 13.1. The third kappa shape index (κ3) is 2.99. The molecule has 0 aliphatic carbocycles. The van der Waals surface area contributed by atoms with Crippen LogP contribution in [-0.4, -0.2) is 21.2 Å². The van der Waals surface area contributed by atoms with E-state index in [0.717, 1.165) is 21.9 Å². The second-order valence-corrected chi connectivity index (χ2v) is 6.18. The molecule has 0 bridgehead atoms. The standard InChI is InChI=1S/C17H17N3OS/c1-12-6-8-13(9-7-12)20-15-5-3-2-4-14(15)19-17(20)22-11-10-16(18)21/h2-9H,10-11H2,1H3,(H2,18,21). The van der Waals surface area contributed by atoms with Crippen LogP contribution in [0.5, 0.6) is 0 Å². The van der Waals surface area contributed by atoms with Gasteiger partial charge in [-0.25, -0.2) is 4.98 Å². The summed E-state index contributed by atoms with van der Waals surface area (Å²) >= 11 is 1.55. The molecule has 0 atom stereocenters. The molecule has 0 saturated heterocycles. The van der Waals surface area contributed by atoms with Crippen molar-refractivity contribution in [3.05, 3.63) is 54.1 Å². The van der Waals surface area contributed by atoms with Gasteiger partial charge >= 0.3 is 0 Å². The van der Waals surface area contributed by atoms with Crippen molar-refractivity contribution in [1.82, 2.24) is 9.55 Å². The summed E-state index contributed by atoms with van der Waals surface area (Å²) < 4.78 is 2.13. The van der Waals surface area contributed by atoms with Gasteiger partial charge in [0.1, 0.15) is 0 Å². The maximum atomic E-state index is 10.9. The first-order chi connectivity index (χ1) is 10.6. The maximum absolute atomic E-state index is 10.9. The third-order valence-corrected chi connectivity index (χ3v) is 4.34. The summed E-state index contributed by atoms with van der Waals surface area (Å²) in [6.07, 6.45) is 0.349. The van der Waals surface area contributed by atoms with Crippen LogP contribution in [0.15, 0.2) is 53.7 Å². The lowest BCUT2D eigenvalue weighted by Gasteiger charge is -2.09. The molecular formula is C17H17N3OS. The van der Waals surface area contributed by atoms with Gasteiger partial charge in [0.25, 0.3) is 0 Å². The van der Waals surface area contributed by atoms with Gasteiger partial charge in [-0.3, -0.25) is 9.36 Å². The van der Waals surface area contributed by atoms with Gasteiger partial charge in [0, 0.05) is 17.9 Å². The Morgan fingerprint density at radius 1 is 1.18 bits per heavy atom. The summed E-state index contributed by atoms with van der Waals surface area (Å²) in [5.41, 5.74) is 9.52. The van der Waals surface area contributed by atoms with Gasteiger partial charge in [0.2, 0.25) is 5.91 Å². The van der Waals surface area contributed by atoms with Gasteiger partial charge in [0.15, 0.2) is 5.16 Å². The van der Waals surface area contributed by atoms with Crippen LogP contribution in [0.2, 0.25) is 0 Å². The monoisotopic (exact) mass is 311 g/mol. The Balaban J connectivity index is 2.04. The minimum absolute atomic E-state index is 0.287. The van der Waals surface area contributed by atoms with Crippen molar-refractivity contribution in [2.75, 3.05) is 5.75 Å². The Hall–Kier alpha value is -2.27. The number of thioether (sulfide) groups is 1. The second-order valence-electron chi connectivity index (χ2n) is 5.12. The summed E-state index contributed by atoms with van der Waals surface area (Å²) in [7, 11) is 0. The Labute approximate surface area is 133 Å². The smallest absolute Gasteiger partial charge is 0.218 e. The molecule has 0 unspecified atom stereocenters. The number of carbonyl (C=O) groups excluding carboxylic acids is 1. The van der Waals surface area contributed by atoms with Gasteiger partial charge in [-0.1, -0.05) is 41.6 Å². The molecule has 4 nitrogen and oxygen atoms in total. The van der Waals surface area contributed by atoms with Crippen molar-refractivity contribution < 1.29 is 4.79 Å². The van der Waals surface area contributed by atoms with Crippen molar-refractivity contribution in [2.24, 2.45) is 5.73 Å². The molecule has 0 spiro atoms. The fraction of sp³-hybridized carbons (Fsp3) is 0.176. The van der Waals surface area contributed by atoms with Crippen LogP contribution in [0.1, 0.15) is 12.0 Å². The summed E-state index contributed by atoms with van der Waals surface area (Å²) in [5, 5.41) is 0.881. The number of primary amides is 1. The molecule has 0 aliphatic heterocycles. The van der Waals surface area contributed by atoms with E-state index in [9.17, 15) is 4.79 Å². The number of hydrogen-bond acceptors (Lipinski definition) is 3. The summed E-state index contributed by atoms with van der Waals surface area (Å²) in [6.45, 7) is 2.07. The summed E-state index contributed by atoms with van der Waals surface area (Å²) in [6, 6.07) is 16.4. The van der Waals surface area contributed by atoms with E-state index in [4.69, 9.17) is 5.73 Å². The molecule has 112 valence electrons. The number of imidazole rings is 1. The topological polar surface area (TPSA) is 60.9 Å². The number of carbonyl (C=O) groups is 1. The number of para-hydroxylation sites is 2. The fourth-order valence-electron chi connectivity index (χ4n) is 2.29. The fourth-order valence-corrected chi connectivity index (χ4v) is 3.27. The molecule has 3 rings (SSSR count). The number of aromatic nitrogens is 2. The Morgan fingerprint density at radius 2 is 1.91 bits per heavy atom. The Bertz CT molecular complexity index is 808. The molecule has 0 saturated carbocycles. The number of hydrogen-bond donors (Lipinski definition) is 1. The molecule has 2 N–H and O–H groups in total. The number of nitrogens with two attached hydrogens (primary N) is 1. The molecule has 3 aromatic rings. The molecule has 0 aliphatic rings. The van der Waals surface area contributed by atoms with Crippen molar-refractivity contribution >= 4 is 28.7 Å². The molecule has 22 heavy (non-hydrogen) atoms. The molecule has 2 aromatic carbocycles. The van der Waals surface area contributed by atoms with Crippen molar-refractivity contribution in [2.45, 2.75) is 18.5 Å². The predicted octanol–water partition coefficient (Wildman–Crippen LogP) is 3.30. The average Bonchev–Trinajstić information content (AvgIpc) is 2.86. The van der Waals surface area contributed by atoms with Gasteiger partial charge in [0.05, 0.1) is 11.0 Å². The molecule has 5 heteroatoms. The van der Waals surface area contributed by atoms with Crippen molar-refractivity contribution in [3.63, 3.8) is 0 Å². The Morgan fingerprint density at radius 3 is 2.64 bits per heavy atom. The number of nitrogens with zero attached hydrogens (tertiary/aromatic N) is 2. The van der Waals surface area contributed by atoms with E-state index in [2.05, 4.69) is 46.8 Å². The number of amides is 1. The van der Waals surface area contributed by atoms with Crippen LogP contribution in [0, 0.1) is 6.92 Å². The van der Waals surface area contributed by atoms with Gasteiger partial charge in [-0.2, -0.15) is 0 Å². The van der Waals surface area contributed by atoms with E-state index in [1.54, 1.807) is 11.8 Å². The van der Waals surface area contributed by atoms with Crippen LogP contribution in [0.3, 0.4) is 0 Å². The highest BCUT2D eigenvalue weighted by molar-refractivity contribution is 7.99. The minimum Gasteiger partial charge on any atom is -0.370 e. The quantitative estimate of drug-likeness (QED) is 0.735. The van der Waals surface area contributed by atoms with E-state index >= 15 is 0 Å².